The van der Waals surface area contributed by atoms with Crippen LogP contribution in [0.25, 0.3) is 0 Å². The molecule has 0 saturated carbocycles. The van der Waals surface area contributed by atoms with Gasteiger partial charge < -0.3 is 5.73 Å². The Bertz CT molecular complexity index is 571. The van der Waals surface area contributed by atoms with Crippen molar-refractivity contribution in [1.82, 2.24) is 10.2 Å². The van der Waals surface area contributed by atoms with Gasteiger partial charge in [-0.1, -0.05) is 29.2 Å². The van der Waals surface area contributed by atoms with Crippen LogP contribution >= 0.6 is 34.9 Å². The molecule has 0 aliphatic heterocycles. The van der Waals surface area contributed by atoms with Crippen LogP contribution in [0.3, 0.4) is 0 Å². The standard InChI is InChI=1S/C11H10F3N3S3/c12-11(13,14)7-2-1-3-8(6-7)18-4-5-19-10-17-16-9(15)20-10/h1-3,6H,4-5H2,(H2,15,16). The molecule has 1 aromatic heterocycles. The summed E-state index contributed by atoms with van der Waals surface area (Å²) in [6.45, 7) is 0. The van der Waals surface area contributed by atoms with Gasteiger partial charge in [-0.3, -0.25) is 0 Å². The number of hydrogen-bond acceptors (Lipinski definition) is 6. The molecule has 0 radical (unpaired) electrons. The number of nitrogens with two attached hydrogens (primary N) is 1. The predicted molar refractivity (Wildman–Crippen MR) is 77.2 cm³/mol. The van der Waals surface area contributed by atoms with Crippen molar-refractivity contribution in [2.75, 3.05) is 17.2 Å². The Morgan fingerprint density at radius 2 is 1.90 bits per heavy atom. The summed E-state index contributed by atoms with van der Waals surface area (Å²) in [7, 11) is 0. The summed E-state index contributed by atoms with van der Waals surface area (Å²) >= 11 is 4.17. The summed E-state index contributed by atoms with van der Waals surface area (Å²) in [6.07, 6.45) is -4.30. The lowest BCUT2D eigenvalue weighted by atomic mass is 10.2. The zero-order valence-corrected chi connectivity index (χ0v) is 12.5. The second kappa shape index (κ2) is 6.68. The van der Waals surface area contributed by atoms with Gasteiger partial charge in [-0.15, -0.1) is 22.0 Å². The van der Waals surface area contributed by atoms with Crippen LogP contribution in [-0.4, -0.2) is 21.7 Å². The second-order valence-corrected chi connectivity index (χ2v) is 7.15. The number of alkyl halides is 3. The maximum absolute atomic E-state index is 12.5. The van der Waals surface area contributed by atoms with Crippen molar-refractivity contribution in [1.29, 1.82) is 0 Å². The molecule has 1 aromatic carbocycles. The Labute approximate surface area is 126 Å². The highest BCUT2D eigenvalue weighted by molar-refractivity contribution is 8.03. The molecule has 0 bridgehead atoms. The maximum atomic E-state index is 12.5. The quantitative estimate of drug-likeness (QED) is 0.659. The lowest BCUT2D eigenvalue weighted by Crippen LogP contribution is -2.04. The van der Waals surface area contributed by atoms with E-state index in [-0.39, 0.29) is 0 Å². The highest BCUT2D eigenvalue weighted by Crippen LogP contribution is 2.32. The SMILES string of the molecule is Nc1nnc(SCCSc2cccc(C(F)(F)F)c2)s1. The van der Waals surface area contributed by atoms with Crippen LogP contribution in [0.2, 0.25) is 0 Å². The van der Waals surface area contributed by atoms with E-state index in [0.29, 0.717) is 15.8 Å². The molecule has 0 saturated heterocycles. The molecule has 0 atom stereocenters. The van der Waals surface area contributed by atoms with Crippen molar-refractivity contribution in [2.45, 2.75) is 15.4 Å². The van der Waals surface area contributed by atoms with E-state index in [4.69, 9.17) is 5.73 Å². The highest BCUT2D eigenvalue weighted by Gasteiger charge is 2.30. The fourth-order valence-corrected chi connectivity index (χ4v) is 3.97. The molecule has 0 aliphatic rings. The first-order valence-electron chi connectivity index (χ1n) is 5.47. The lowest BCUT2D eigenvalue weighted by Gasteiger charge is -2.08. The van der Waals surface area contributed by atoms with Crippen molar-refractivity contribution >= 4 is 40.0 Å². The molecular weight excluding hydrogens is 327 g/mol. The summed E-state index contributed by atoms with van der Waals surface area (Å²) in [4.78, 5) is 0.609. The van der Waals surface area contributed by atoms with Crippen molar-refractivity contribution in [3.8, 4) is 0 Å². The van der Waals surface area contributed by atoms with Crippen LogP contribution in [0, 0.1) is 0 Å². The van der Waals surface area contributed by atoms with E-state index in [0.717, 1.165) is 22.2 Å². The Hall–Kier alpha value is -0.930. The van der Waals surface area contributed by atoms with Crippen molar-refractivity contribution in [3.63, 3.8) is 0 Å². The first-order valence-corrected chi connectivity index (χ1v) is 8.26. The van der Waals surface area contributed by atoms with Crippen LogP contribution in [0.4, 0.5) is 18.3 Å². The molecule has 9 heteroatoms. The highest BCUT2D eigenvalue weighted by atomic mass is 32.2. The number of hydrogen-bond donors (Lipinski definition) is 1. The molecule has 0 unspecified atom stereocenters. The van der Waals surface area contributed by atoms with E-state index in [1.165, 1.54) is 40.9 Å². The van der Waals surface area contributed by atoms with Crippen LogP contribution < -0.4 is 5.73 Å². The number of thioether (sulfide) groups is 2. The van der Waals surface area contributed by atoms with Gasteiger partial charge in [-0.2, -0.15) is 13.2 Å². The van der Waals surface area contributed by atoms with E-state index in [2.05, 4.69) is 10.2 Å². The number of nitrogens with zero attached hydrogens (tertiary/aromatic N) is 2. The Balaban J connectivity index is 1.82. The number of rotatable bonds is 5. The molecule has 0 amide bonds. The zero-order chi connectivity index (χ0) is 14.6. The van der Waals surface area contributed by atoms with E-state index < -0.39 is 11.7 Å². The average Bonchev–Trinajstić information content (AvgIpc) is 2.80. The van der Waals surface area contributed by atoms with Gasteiger partial charge in [0.25, 0.3) is 0 Å². The first-order chi connectivity index (χ1) is 9.45. The van der Waals surface area contributed by atoms with Gasteiger partial charge in [0, 0.05) is 16.4 Å². The minimum Gasteiger partial charge on any atom is -0.374 e. The number of nitrogen functional groups attached to an aromatic ring is 1. The summed E-state index contributed by atoms with van der Waals surface area (Å²) in [5, 5.41) is 7.96. The fraction of sp³-hybridized carbons (Fsp3) is 0.273. The predicted octanol–water partition coefficient (Wildman–Crippen LogP) is 4.02. The molecule has 2 aromatic rings. The monoisotopic (exact) mass is 337 g/mol. The van der Waals surface area contributed by atoms with Crippen molar-refractivity contribution in [3.05, 3.63) is 29.8 Å². The minimum absolute atomic E-state index is 0.415. The molecular formula is C11H10F3N3S3. The largest absolute Gasteiger partial charge is 0.416 e. The minimum atomic E-state index is -4.30. The van der Waals surface area contributed by atoms with Crippen LogP contribution in [0.15, 0.2) is 33.5 Å². The van der Waals surface area contributed by atoms with E-state index in [9.17, 15) is 13.2 Å². The van der Waals surface area contributed by atoms with Gasteiger partial charge >= 0.3 is 6.18 Å². The summed E-state index contributed by atoms with van der Waals surface area (Å²) in [5.41, 5.74) is 4.83. The molecule has 1 heterocycles. The van der Waals surface area contributed by atoms with Gasteiger partial charge in [-0.05, 0) is 18.2 Å². The van der Waals surface area contributed by atoms with E-state index in [1.807, 2.05) is 0 Å². The van der Waals surface area contributed by atoms with Crippen LogP contribution in [0.1, 0.15) is 5.56 Å². The third-order valence-corrected chi connectivity index (χ3v) is 5.30. The molecule has 0 spiro atoms. The van der Waals surface area contributed by atoms with Crippen molar-refractivity contribution in [2.24, 2.45) is 0 Å². The Morgan fingerprint density at radius 3 is 2.55 bits per heavy atom. The summed E-state index contributed by atoms with van der Waals surface area (Å²) in [5.74, 6) is 1.42. The summed E-state index contributed by atoms with van der Waals surface area (Å²) < 4.78 is 38.4. The molecule has 20 heavy (non-hydrogen) atoms. The van der Waals surface area contributed by atoms with Gasteiger partial charge in [0.15, 0.2) is 4.34 Å². The number of benzene rings is 1. The molecule has 3 nitrogen and oxygen atoms in total. The average molecular weight is 337 g/mol. The molecule has 0 fully saturated rings. The van der Waals surface area contributed by atoms with Crippen molar-refractivity contribution < 1.29 is 13.2 Å². The first kappa shape index (κ1) is 15.5. The Kier molecular flexibility index (Phi) is 5.17. The third-order valence-electron chi connectivity index (χ3n) is 2.16. The molecule has 2 rings (SSSR count). The number of halogens is 3. The maximum Gasteiger partial charge on any atom is 0.416 e. The smallest absolute Gasteiger partial charge is 0.374 e. The zero-order valence-electron chi connectivity index (χ0n) is 10.1. The van der Waals surface area contributed by atoms with Gasteiger partial charge in [0.1, 0.15) is 0 Å². The molecule has 2 N–H and O–H groups in total. The molecule has 0 aliphatic carbocycles. The van der Waals surface area contributed by atoms with E-state index in [1.54, 1.807) is 6.07 Å². The normalized spacial score (nSPS) is 11.8. The second-order valence-electron chi connectivity index (χ2n) is 3.63. The Morgan fingerprint density at radius 1 is 1.15 bits per heavy atom. The van der Waals surface area contributed by atoms with Crippen LogP contribution in [0.5, 0.6) is 0 Å². The van der Waals surface area contributed by atoms with Gasteiger partial charge in [0.2, 0.25) is 5.13 Å². The van der Waals surface area contributed by atoms with Gasteiger partial charge in [0.05, 0.1) is 5.56 Å². The summed E-state index contributed by atoms with van der Waals surface area (Å²) in [6, 6.07) is 5.33. The number of aromatic nitrogens is 2. The third kappa shape index (κ3) is 4.57. The molecule has 108 valence electrons. The van der Waals surface area contributed by atoms with E-state index >= 15 is 0 Å². The lowest BCUT2D eigenvalue weighted by molar-refractivity contribution is -0.137. The van der Waals surface area contributed by atoms with Gasteiger partial charge in [-0.25, -0.2) is 0 Å². The van der Waals surface area contributed by atoms with Crippen LogP contribution in [-0.2, 0) is 6.18 Å². The fourth-order valence-electron chi connectivity index (χ4n) is 1.33. The topological polar surface area (TPSA) is 51.8 Å². The number of anilines is 1.